The van der Waals surface area contributed by atoms with E-state index in [1.54, 1.807) is 0 Å². The molecule has 82 valence electrons. The van der Waals surface area contributed by atoms with Crippen LogP contribution >= 0.6 is 0 Å². The summed E-state index contributed by atoms with van der Waals surface area (Å²) in [4.78, 5) is 0. The van der Waals surface area contributed by atoms with Gasteiger partial charge in [0.15, 0.2) is 0 Å². The van der Waals surface area contributed by atoms with Crippen molar-refractivity contribution in [1.29, 1.82) is 0 Å². The molecule has 1 aliphatic heterocycles. The summed E-state index contributed by atoms with van der Waals surface area (Å²) in [6.07, 6.45) is -1.80. The topological polar surface area (TPSA) is 24.1 Å². The highest BCUT2D eigenvalue weighted by molar-refractivity contribution is 4.89. The molecule has 0 radical (unpaired) electrons. The van der Waals surface area contributed by atoms with E-state index in [0.29, 0.717) is 19.1 Å². The Kier molecular flexibility index (Phi) is 2.70. The van der Waals surface area contributed by atoms with Crippen LogP contribution in [0.3, 0.4) is 0 Å². The lowest BCUT2D eigenvalue weighted by molar-refractivity contribution is -0.178. The summed E-state index contributed by atoms with van der Waals surface area (Å²) in [6.45, 7) is 1.08. The number of rotatable bonds is 3. The van der Waals surface area contributed by atoms with Crippen LogP contribution in [0.25, 0.3) is 0 Å². The predicted octanol–water partition coefficient (Wildman–Crippen LogP) is 1.14. The minimum absolute atomic E-state index is 0.0838. The first kappa shape index (κ1) is 10.2. The van der Waals surface area contributed by atoms with Gasteiger partial charge in [-0.3, -0.25) is 0 Å². The van der Waals surface area contributed by atoms with Crippen molar-refractivity contribution >= 4 is 0 Å². The Morgan fingerprint density at radius 1 is 1.21 bits per heavy atom. The number of halogens is 3. The van der Waals surface area contributed by atoms with E-state index >= 15 is 0 Å². The van der Waals surface area contributed by atoms with Gasteiger partial charge in [0.25, 0.3) is 0 Å². The molecule has 0 aromatic carbocycles. The van der Waals surface area contributed by atoms with Crippen LogP contribution in [-0.2, 0) is 0 Å². The molecule has 2 fully saturated rings. The average molecular weight is 208 g/mol. The first-order valence-corrected chi connectivity index (χ1v) is 5.08. The van der Waals surface area contributed by atoms with E-state index in [2.05, 4.69) is 10.6 Å². The summed E-state index contributed by atoms with van der Waals surface area (Å²) in [5.41, 5.74) is 0. The van der Waals surface area contributed by atoms with Gasteiger partial charge in [-0.15, -0.1) is 0 Å². The normalized spacial score (nSPS) is 33.6. The van der Waals surface area contributed by atoms with Crippen LogP contribution in [0.2, 0.25) is 0 Å². The molecule has 2 atom stereocenters. The Hall–Kier alpha value is -0.290. The van der Waals surface area contributed by atoms with Gasteiger partial charge in [0, 0.05) is 19.1 Å². The molecule has 1 saturated carbocycles. The smallest absolute Gasteiger partial charge is 0.316 e. The van der Waals surface area contributed by atoms with E-state index in [4.69, 9.17) is 0 Å². The third-order valence-corrected chi connectivity index (χ3v) is 3.01. The predicted molar refractivity (Wildman–Crippen MR) is 46.9 cm³/mol. The van der Waals surface area contributed by atoms with Crippen molar-refractivity contribution in [2.75, 3.05) is 19.6 Å². The molecule has 0 aromatic rings. The molecule has 2 nitrogen and oxygen atoms in total. The third kappa shape index (κ3) is 2.39. The van der Waals surface area contributed by atoms with Gasteiger partial charge >= 0.3 is 6.18 Å². The number of hydrogen-bond acceptors (Lipinski definition) is 2. The van der Waals surface area contributed by atoms with E-state index in [1.165, 1.54) is 0 Å². The van der Waals surface area contributed by atoms with Crippen LogP contribution in [0.4, 0.5) is 13.2 Å². The van der Waals surface area contributed by atoms with Crippen LogP contribution in [0, 0.1) is 11.8 Å². The molecule has 0 aromatic heterocycles. The van der Waals surface area contributed by atoms with Gasteiger partial charge < -0.3 is 10.6 Å². The number of hydrogen-bond donors (Lipinski definition) is 2. The first-order chi connectivity index (χ1) is 6.57. The van der Waals surface area contributed by atoms with Gasteiger partial charge in [-0.05, 0) is 25.3 Å². The highest BCUT2D eigenvalue weighted by atomic mass is 19.4. The SMILES string of the molecule is FC(F)(F)C1CNCC1CNC1CC1. The van der Waals surface area contributed by atoms with Gasteiger partial charge in [0.1, 0.15) is 0 Å². The second-order valence-electron chi connectivity index (χ2n) is 4.25. The molecule has 14 heavy (non-hydrogen) atoms. The lowest BCUT2D eigenvalue weighted by atomic mass is 9.95. The largest absolute Gasteiger partial charge is 0.393 e. The van der Waals surface area contributed by atoms with Crippen LogP contribution in [0.1, 0.15) is 12.8 Å². The molecule has 1 saturated heterocycles. The van der Waals surface area contributed by atoms with Crippen molar-refractivity contribution in [1.82, 2.24) is 10.6 Å². The summed E-state index contributed by atoms with van der Waals surface area (Å²) < 4.78 is 37.4. The molecule has 5 heteroatoms. The molecule has 2 aliphatic rings. The van der Waals surface area contributed by atoms with E-state index < -0.39 is 12.1 Å². The Morgan fingerprint density at radius 2 is 1.93 bits per heavy atom. The van der Waals surface area contributed by atoms with Crippen LogP contribution in [0.5, 0.6) is 0 Å². The van der Waals surface area contributed by atoms with Gasteiger partial charge in [0.05, 0.1) is 5.92 Å². The molecular formula is C9H15F3N2. The average Bonchev–Trinajstić information content (AvgIpc) is 2.77. The lowest BCUT2D eigenvalue weighted by Gasteiger charge is -2.21. The van der Waals surface area contributed by atoms with E-state index in [0.717, 1.165) is 12.8 Å². The molecule has 0 amide bonds. The summed E-state index contributed by atoms with van der Waals surface area (Å²) in [6, 6.07) is 0.490. The maximum absolute atomic E-state index is 12.5. The molecule has 2 rings (SSSR count). The molecule has 2 N–H and O–H groups in total. The van der Waals surface area contributed by atoms with Gasteiger partial charge in [-0.2, -0.15) is 13.2 Å². The van der Waals surface area contributed by atoms with Crippen molar-refractivity contribution in [3.05, 3.63) is 0 Å². The maximum Gasteiger partial charge on any atom is 0.393 e. The molecule has 2 unspecified atom stereocenters. The molecule has 0 spiro atoms. The summed E-state index contributed by atoms with van der Waals surface area (Å²) in [5, 5.41) is 5.97. The monoisotopic (exact) mass is 208 g/mol. The maximum atomic E-state index is 12.5. The summed E-state index contributed by atoms with van der Waals surface area (Å²) in [5.74, 6) is -1.44. The zero-order chi connectivity index (χ0) is 10.2. The highest BCUT2D eigenvalue weighted by Gasteiger charge is 2.47. The molecular weight excluding hydrogens is 193 g/mol. The molecule has 1 heterocycles. The minimum atomic E-state index is -4.04. The first-order valence-electron chi connectivity index (χ1n) is 5.08. The molecule has 1 aliphatic carbocycles. The van der Waals surface area contributed by atoms with Crippen LogP contribution < -0.4 is 10.6 Å². The highest BCUT2D eigenvalue weighted by Crippen LogP contribution is 2.34. The Bertz CT molecular complexity index is 201. The van der Waals surface area contributed by atoms with Gasteiger partial charge in [-0.25, -0.2) is 0 Å². The second kappa shape index (κ2) is 3.70. The summed E-state index contributed by atoms with van der Waals surface area (Å²) in [7, 11) is 0. The Balaban J connectivity index is 1.82. The van der Waals surface area contributed by atoms with Crippen molar-refractivity contribution in [2.45, 2.75) is 25.1 Å². The van der Waals surface area contributed by atoms with E-state index in [1.807, 2.05) is 0 Å². The van der Waals surface area contributed by atoms with Crippen LogP contribution in [0.15, 0.2) is 0 Å². The third-order valence-electron chi connectivity index (χ3n) is 3.01. The van der Waals surface area contributed by atoms with Crippen molar-refractivity contribution in [3.8, 4) is 0 Å². The fraction of sp³-hybridized carbons (Fsp3) is 1.00. The lowest BCUT2D eigenvalue weighted by Crippen LogP contribution is -2.36. The summed E-state index contributed by atoms with van der Waals surface area (Å²) >= 11 is 0. The number of nitrogens with one attached hydrogen (secondary N) is 2. The van der Waals surface area contributed by atoms with E-state index in [-0.39, 0.29) is 12.5 Å². The quantitative estimate of drug-likeness (QED) is 0.726. The van der Waals surface area contributed by atoms with Gasteiger partial charge in [-0.1, -0.05) is 0 Å². The van der Waals surface area contributed by atoms with Gasteiger partial charge in [0.2, 0.25) is 0 Å². The van der Waals surface area contributed by atoms with Crippen molar-refractivity contribution in [3.63, 3.8) is 0 Å². The minimum Gasteiger partial charge on any atom is -0.316 e. The zero-order valence-electron chi connectivity index (χ0n) is 7.90. The van der Waals surface area contributed by atoms with Crippen LogP contribution in [-0.4, -0.2) is 31.9 Å². The van der Waals surface area contributed by atoms with Crippen molar-refractivity contribution in [2.24, 2.45) is 11.8 Å². The fourth-order valence-corrected chi connectivity index (χ4v) is 1.94. The molecule has 0 bridgehead atoms. The fourth-order valence-electron chi connectivity index (χ4n) is 1.94. The second-order valence-corrected chi connectivity index (χ2v) is 4.25. The van der Waals surface area contributed by atoms with E-state index in [9.17, 15) is 13.2 Å². The zero-order valence-corrected chi connectivity index (χ0v) is 7.90. The Morgan fingerprint density at radius 3 is 2.50 bits per heavy atom. The number of alkyl halides is 3. The standard InChI is InChI=1S/C9H15F3N2/c10-9(11,12)8-5-13-3-6(8)4-14-7-1-2-7/h6-8,13-14H,1-5H2. The van der Waals surface area contributed by atoms with Crippen molar-refractivity contribution < 1.29 is 13.2 Å². The Labute approximate surface area is 81.2 Å².